The molecule has 0 saturated heterocycles. The molecule has 0 aliphatic heterocycles. The van der Waals surface area contributed by atoms with Crippen molar-refractivity contribution in [2.45, 2.75) is 26.9 Å². The van der Waals surface area contributed by atoms with Gasteiger partial charge in [-0.15, -0.1) is 0 Å². The van der Waals surface area contributed by atoms with Crippen LogP contribution in [-0.2, 0) is 17.8 Å². The minimum atomic E-state index is 0.628. The highest BCUT2D eigenvalue weighted by Gasteiger charge is 2.11. The molecule has 0 unspecified atom stereocenters. The van der Waals surface area contributed by atoms with Crippen molar-refractivity contribution in [3.8, 4) is 11.5 Å². The van der Waals surface area contributed by atoms with Crippen LogP contribution < -0.4 is 0 Å². The van der Waals surface area contributed by atoms with Crippen LogP contribution in [0.2, 0.25) is 0 Å². The molecule has 3 aromatic rings. The van der Waals surface area contributed by atoms with Crippen LogP contribution in [0.3, 0.4) is 0 Å². The minimum absolute atomic E-state index is 0.628. The summed E-state index contributed by atoms with van der Waals surface area (Å²) in [5, 5.41) is 0. The molecule has 3 rings (SSSR count). The minimum Gasteiger partial charge on any atom is -0.441 e. The van der Waals surface area contributed by atoms with Crippen LogP contribution >= 0.6 is 0 Å². The summed E-state index contributed by atoms with van der Waals surface area (Å²) in [6.45, 7) is 5.29. The molecule has 0 radical (unpaired) electrons. The molecule has 0 atom stereocenters. The fourth-order valence-corrected chi connectivity index (χ4v) is 2.41. The third-order valence-electron chi connectivity index (χ3n) is 3.79. The smallest absolute Gasteiger partial charge is 0.226 e. The first-order valence-electron chi connectivity index (χ1n) is 7.87. The summed E-state index contributed by atoms with van der Waals surface area (Å²) in [6, 6.07) is 18.4. The van der Waals surface area contributed by atoms with Gasteiger partial charge in [-0.05, 0) is 31.5 Å². The molecule has 0 fully saturated rings. The van der Waals surface area contributed by atoms with E-state index >= 15 is 0 Å². The molecule has 0 N–H and O–H groups in total. The molecule has 3 nitrogen and oxygen atoms in total. The molecule has 0 amide bonds. The van der Waals surface area contributed by atoms with Crippen molar-refractivity contribution >= 4 is 0 Å². The lowest BCUT2D eigenvalue weighted by atomic mass is 10.1. The van der Waals surface area contributed by atoms with Crippen molar-refractivity contribution < 1.29 is 9.15 Å². The van der Waals surface area contributed by atoms with Gasteiger partial charge in [0.25, 0.3) is 0 Å². The van der Waals surface area contributed by atoms with Crippen molar-refractivity contribution in [2.24, 2.45) is 0 Å². The second kappa shape index (κ2) is 7.25. The average Bonchev–Trinajstić information content (AvgIpc) is 2.94. The summed E-state index contributed by atoms with van der Waals surface area (Å²) >= 11 is 0. The second-order valence-electron chi connectivity index (χ2n) is 5.68. The SMILES string of the molecule is Cc1ccc(-c2nc(CCOCc3ccccc3)c(C)o2)cc1. The summed E-state index contributed by atoms with van der Waals surface area (Å²) in [4.78, 5) is 4.61. The Balaban J connectivity index is 1.57. The monoisotopic (exact) mass is 307 g/mol. The fourth-order valence-electron chi connectivity index (χ4n) is 2.41. The Morgan fingerprint density at radius 2 is 1.70 bits per heavy atom. The molecule has 2 aromatic carbocycles. The largest absolute Gasteiger partial charge is 0.441 e. The van der Waals surface area contributed by atoms with Crippen molar-refractivity contribution in [1.29, 1.82) is 0 Å². The van der Waals surface area contributed by atoms with Crippen LogP contribution in [0.25, 0.3) is 11.5 Å². The molecule has 0 aliphatic rings. The van der Waals surface area contributed by atoms with Gasteiger partial charge in [-0.25, -0.2) is 4.98 Å². The number of aryl methyl sites for hydroxylation is 2. The van der Waals surface area contributed by atoms with Crippen LogP contribution in [0, 0.1) is 13.8 Å². The molecule has 0 bridgehead atoms. The number of benzene rings is 2. The third-order valence-corrected chi connectivity index (χ3v) is 3.79. The van der Waals surface area contributed by atoms with E-state index in [0.717, 1.165) is 23.4 Å². The molecule has 23 heavy (non-hydrogen) atoms. The summed E-state index contributed by atoms with van der Waals surface area (Å²) in [6.07, 6.45) is 0.758. The van der Waals surface area contributed by atoms with Gasteiger partial charge in [-0.3, -0.25) is 0 Å². The van der Waals surface area contributed by atoms with Crippen molar-refractivity contribution in [2.75, 3.05) is 6.61 Å². The van der Waals surface area contributed by atoms with Gasteiger partial charge in [0, 0.05) is 12.0 Å². The third kappa shape index (κ3) is 4.08. The van der Waals surface area contributed by atoms with Gasteiger partial charge in [-0.2, -0.15) is 0 Å². The Hall–Kier alpha value is -2.39. The lowest BCUT2D eigenvalue weighted by Crippen LogP contribution is -2.00. The van der Waals surface area contributed by atoms with Gasteiger partial charge in [0.15, 0.2) is 0 Å². The van der Waals surface area contributed by atoms with Crippen LogP contribution in [-0.4, -0.2) is 11.6 Å². The van der Waals surface area contributed by atoms with E-state index in [1.165, 1.54) is 11.1 Å². The predicted molar refractivity (Wildman–Crippen MR) is 91.2 cm³/mol. The number of ether oxygens (including phenoxy) is 1. The van der Waals surface area contributed by atoms with Crippen molar-refractivity contribution in [3.63, 3.8) is 0 Å². The Kier molecular flexibility index (Phi) is 4.89. The van der Waals surface area contributed by atoms with Gasteiger partial charge in [0.2, 0.25) is 5.89 Å². The average molecular weight is 307 g/mol. The van der Waals surface area contributed by atoms with E-state index in [-0.39, 0.29) is 0 Å². The van der Waals surface area contributed by atoms with Crippen LogP contribution in [0.15, 0.2) is 59.0 Å². The van der Waals surface area contributed by atoms with Gasteiger partial charge in [0.1, 0.15) is 5.76 Å². The summed E-state index contributed by atoms with van der Waals surface area (Å²) in [7, 11) is 0. The number of rotatable bonds is 6. The van der Waals surface area contributed by atoms with E-state index in [2.05, 4.69) is 36.2 Å². The highest BCUT2D eigenvalue weighted by Crippen LogP contribution is 2.22. The zero-order valence-corrected chi connectivity index (χ0v) is 13.6. The first-order chi connectivity index (χ1) is 11.2. The zero-order valence-electron chi connectivity index (χ0n) is 13.6. The highest BCUT2D eigenvalue weighted by molar-refractivity contribution is 5.54. The lowest BCUT2D eigenvalue weighted by Gasteiger charge is -2.03. The Morgan fingerprint density at radius 1 is 0.957 bits per heavy atom. The molecular weight excluding hydrogens is 286 g/mol. The molecule has 0 spiro atoms. The van der Waals surface area contributed by atoms with E-state index in [0.29, 0.717) is 19.1 Å². The number of aromatic nitrogens is 1. The maximum absolute atomic E-state index is 5.79. The van der Waals surface area contributed by atoms with E-state index in [9.17, 15) is 0 Å². The summed E-state index contributed by atoms with van der Waals surface area (Å²) < 4.78 is 11.5. The van der Waals surface area contributed by atoms with Crippen LogP contribution in [0.1, 0.15) is 22.6 Å². The molecule has 0 aliphatic carbocycles. The van der Waals surface area contributed by atoms with E-state index in [4.69, 9.17) is 9.15 Å². The Bertz CT molecular complexity index is 745. The zero-order chi connectivity index (χ0) is 16.1. The number of nitrogens with zero attached hydrogens (tertiary/aromatic N) is 1. The second-order valence-corrected chi connectivity index (χ2v) is 5.68. The van der Waals surface area contributed by atoms with Crippen molar-refractivity contribution in [1.82, 2.24) is 4.98 Å². The standard InChI is InChI=1S/C20H21NO2/c1-15-8-10-18(11-9-15)20-21-19(16(2)23-20)12-13-22-14-17-6-4-3-5-7-17/h3-11H,12-14H2,1-2H3. The first-order valence-corrected chi connectivity index (χ1v) is 7.87. The molecular formula is C20H21NO2. The van der Waals surface area contributed by atoms with Gasteiger partial charge < -0.3 is 9.15 Å². The quantitative estimate of drug-likeness (QED) is 0.618. The number of hydrogen-bond donors (Lipinski definition) is 0. The van der Waals surface area contributed by atoms with Gasteiger partial charge in [0.05, 0.1) is 18.9 Å². The normalized spacial score (nSPS) is 10.9. The fraction of sp³-hybridized carbons (Fsp3) is 0.250. The van der Waals surface area contributed by atoms with Gasteiger partial charge in [-0.1, -0.05) is 48.0 Å². The maximum atomic E-state index is 5.79. The number of hydrogen-bond acceptors (Lipinski definition) is 3. The topological polar surface area (TPSA) is 35.3 Å². The number of oxazole rings is 1. The van der Waals surface area contributed by atoms with E-state index in [1.807, 2.05) is 37.3 Å². The van der Waals surface area contributed by atoms with E-state index in [1.54, 1.807) is 0 Å². The Labute approximate surface area is 136 Å². The molecule has 3 heteroatoms. The predicted octanol–water partition coefficient (Wildman–Crippen LogP) is 4.72. The van der Waals surface area contributed by atoms with Crippen LogP contribution in [0.5, 0.6) is 0 Å². The Morgan fingerprint density at radius 3 is 2.43 bits per heavy atom. The lowest BCUT2D eigenvalue weighted by molar-refractivity contribution is 0.123. The van der Waals surface area contributed by atoms with E-state index < -0.39 is 0 Å². The molecule has 1 aromatic heterocycles. The van der Waals surface area contributed by atoms with Crippen molar-refractivity contribution in [3.05, 3.63) is 77.2 Å². The highest BCUT2D eigenvalue weighted by atomic mass is 16.5. The maximum Gasteiger partial charge on any atom is 0.226 e. The molecule has 1 heterocycles. The molecule has 0 saturated carbocycles. The summed E-state index contributed by atoms with van der Waals surface area (Å²) in [5.74, 6) is 1.55. The van der Waals surface area contributed by atoms with Gasteiger partial charge >= 0.3 is 0 Å². The first kappa shape index (κ1) is 15.5. The van der Waals surface area contributed by atoms with Crippen LogP contribution in [0.4, 0.5) is 0 Å². The summed E-state index contributed by atoms with van der Waals surface area (Å²) in [5.41, 5.74) is 4.39. The molecule has 118 valence electrons.